The van der Waals surface area contributed by atoms with Crippen molar-refractivity contribution in [3.05, 3.63) is 28.4 Å². The highest BCUT2D eigenvalue weighted by Crippen LogP contribution is 2.33. The molecule has 0 N–H and O–H groups in total. The van der Waals surface area contributed by atoms with E-state index in [4.69, 9.17) is 4.74 Å². The van der Waals surface area contributed by atoms with Crippen LogP contribution in [0.3, 0.4) is 0 Å². The first kappa shape index (κ1) is 19.8. The molecule has 10 heteroatoms. The number of nitro groups is 1. The average molecular weight is 372 g/mol. The molecule has 1 aliphatic rings. The van der Waals surface area contributed by atoms with Gasteiger partial charge >= 0.3 is 11.9 Å². The Kier molecular flexibility index (Phi) is 5.33. The Balaban J connectivity index is 2.09. The lowest BCUT2D eigenvalue weighted by Gasteiger charge is -2.42. The summed E-state index contributed by atoms with van der Waals surface area (Å²) in [4.78, 5) is 28.1. The molecule has 8 nitrogen and oxygen atoms in total. The molecular weight excluding hydrogens is 350 g/mol. The molecule has 0 aliphatic carbocycles. The number of halogens is 2. The van der Waals surface area contributed by atoms with Gasteiger partial charge in [-0.3, -0.25) is 0 Å². The van der Waals surface area contributed by atoms with Crippen LogP contribution in [0.5, 0.6) is 0 Å². The SMILES string of the molecule is CN(C(=O)OC(C)(C)C)C1CCN(c2ccc([N+](=O)[O-])nc2)CC1(F)F. The smallest absolute Gasteiger partial charge is 0.410 e. The number of hydrogen-bond donors (Lipinski definition) is 0. The largest absolute Gasteiger partial charge is 0.444 e. The van der Waals surface area contributed by atoms with E-state index in [-0.39, 0.29) is 18.8 Å². The fourth-order valence-electron chi connectivity index (χ4n) is 2.76. The Hall–Kier alpha value is -2.52. The van der Waals surface area contributed by atoms with Gasteiger partial charge in [-0.05, 0) is 43.2 Å². The van der Waals surface area contributed by atoms with Gasteiger partial charge in [-0.2, -0.15) is 0 Å². The van der Waals surface area contributed by atoms with Crippen molar-refractivity contribution in [3.63, 3.8) is 0 Å². The van der Waals surface area contributed by atoms with Crippen LogP contribution in [0, 0.1) is 10.1 Å². The fraction of sp³-hybridized carbons (Fsp3) is 0.625. The molecule has 0 saturated carbocycles. The number of anilines is 1. The number of pyridine rings is 1. The third-order valence-corrected chi connectivity index (χ3v) is 4.00. The molecule has 1 aliphatic heterocycles. The zero-order chi connectivity index (χ0) is 19.7. The van der Waals surface area contributed by atoms with Gasteiger partial charge in [0.2, 0.25) is 0 Å². The van der Waals surface area contributed by atoms with Crippen molar-refractivity contribution in [2.24, 2.45) is 0 Å². The molecule has 1 saturated heterocycles. The Bertz CT molecular complexity index is 676. The Morgan fingerprint density at radius 3 is 2.58 bits per heavy atom. The van der Waals surface area contributed by atoms with Crippen molar-refractivity contribution in [3.8, 4) is 0 Å². The molecule has 26 heavy (non-hydrogen) atoms. The summed E-state index contributed by atoms with van der Waals surface area (Å²) in [6, 6.07) is 1.27. The first-order valence-corrected chi connectivity index (χ1v) is 8.10. The van der Waals surface area contributed by atoms with E-state index in [9.17, 15) is 23.7 Å². The summed E-state index contributed by atoms with van der Waals surface area (Å²) in [5.74, 6) is -3.52. The van der Waals surface area contributed by atoms with Gasteiger partial charge < -0.3 is 24.7 Å². The first-order valence-electron chi connectivity index (χ1n) is 8.10. The van der Waals surface area contributed by atoms with Gasteiger partial charge in [0, 0.05) is 19.7 Å². The predicted molar refractivity (Wildman–Crippen MR) is 90.5 cm³/mol. The third kappa shape index (κ3) is 4.55. The number of piperidine rings is 1. The minimum Gasteiger partial charge on any atom is -0.444 e. The molecule has 0 radical (unpaired) electrons. The van der Waals surface area contributed by atoms with Crippen molar-refractivity contribution in [1.82, 2.24) is 9.88 Å². The summed E-state index contributed by atoms with van der Waals surface area (Å²) < 4.78 is 34.4. The highest BCUT2D eigenvalue weighted by atomic mass is 19.3. The van der Waals surface area contributed by atoms with E-state index in [0.29, 0.717) is 5.69 Å². The standard InChI is InChI=1S/C16H22F2N4O4/c1-15(2,3)26-14(23)20(4)12-7-8-21(10-16(12,17)18)11-5-6-13(19-9-11)22(24)25/h5-6,9,12H,7-8,10H2,1-4H3. The van der Waals surface area contributed by atoms with Crippen molar-refractivity contribution in [2.45, 2.75) is 44.8 Å². The maximum atomic E-state index is 14.6. The van der Waals surface area contributed by atoms with E-state index in [1.54, 1.807) is 20.8 Å². The third-order valence-electron chi connectivity index (χ3n) is 4.00. The summed E-state index contributed by atoms with van der Waals surface area (Å²) in [7, 11) is 1.30. The number of ether oxygens (including phenoxy) is 1. The Morgan fingerprint density at radius 1 is 1.46 bits per heavy atom. The fourth-order valence-corrected chi connectivity index (χ4v) is 2.76. The molecule has 1 aromatic heterocycles. The lowest BCUT2D eigenvalue weighted by Crippen LogP contribution is -2.59. The van der Waals surface area contributed by atoms with E-state index < -0.39 is 35.1 Å². The number of hydrogen-bond acceptors (Lipinski definition) is 6. The molecule has 2 heterocycles. The normalized spacial score (nSPS) is 19.8. The minimum atomic E-state index is -3.17. The van der Waals surface area contributed by atoms with Gasteiger partial charge in [-0.15, -0.1) is 0 Å². The van der Waals surface area contributed by atoms with Gasteiger partial charge in [0.25, 0.3) is 5.92 Å². The van der Waals surface area contributed by atoms with E-state index in [1.165, 1.54) is 30.3 Å². The molecule has 0 bridgehead atoms. The summed E-state index contributed by atoms with van der Waals surface area (Å²) >= 11 is 0. The molecule has 1 amide bonds. The summed E-state index contributed by atoms with van der Waals surface area (Å²) in [6.45, 7) is 4.64. The molecule has 144 valence electrons. The van der Waals surface area contributed by atoms with Crippen LogP contribution in [0.1, 0.15) is 27.2 Å². The summed E-state index contributed by atoms with van der Waals surface area (Å²) in [5.41, 5.74) is -0.403. The van der Waals surface area contributed by atoms with Crippen LogP contribution in [0.4, 0.5) is 25.1 Å². The summed E-state index contributed by atoms with van der Waals surface area (Å²) in [6.07, 6.45) is 0.430. The number of carbonyl (C=O) groups is 1. The molecule has 0 aromatic carbocycles. The highest BCUT2D eigenvalue weighted by molar-refractivity contribution is 5.68. The van der Waals surface area contributed by atoms with Crippen LogP contribution in [-0.4, -0.2) is 58.6 Å². The van der Waals surface area contributed by atoms with Gasteiger partial charge in [0.15, 0.2) is 6.20 Å². The van der Waals surface area contributed by atoms with Crippen LogP contribution in [0.25, 0.3) is 0 Å². The van der Waals surface area contributed by atoms with Gasteiger partial charge in [0.05, 0.1) is 12.2 Å². The topological polar surface area (TPSA) is 88.8 Å². The zero-order valence-electron chi connectivity index (χ0n) is 15.1. The van der Waals surface area contributed by atoms with Crippen LogP contribution in [0.15, 0.2) is 18.3 Å². The second-order valence-corrected chi connectivity index (χ2v) is 7.21. The maximum Gasteiger partial charge on any atom is 0.410 e. The zero-order valence-corrected chi connectivity index (χ0v) is 15.1. The van der Waals surface area contributed by atoms with Crippen LogP contribution >= 0.6 is 0 Å². The van der Waals surface area contributed by atoms with E-state index in [2.05, 4.69) is 4.98 Å². The molecule has 1 aromatic rings. The van der Waals surface area contributed by atoms with Crippen molar-refractivity contribution in [1.29, 1.82) is 0 Å². The minimum absolute atomic E-state index is 0.0275. The molecular formula is C16H22F2N4O4. The molecule has 1 atom stereocenters. The maximum absolute atomic E-state index is 14.6. The molecule has 2 rings (SSSR count). The average Bonchev–Trinajstić information content (AvgIpc) is 2.51. The van der Waals surface area contributed by atoms with Crippen LogP contribution < -0.4 is 4.90 Å². The number of alkyl halides is 2. The Morgan fingerprint density at radius 2 is 2.12 bits per heavy atom. The number of aromatic nitrogens is 1. The van der Waals surface area contributed by atoms with Crippen molar-refractivity contribution < 1.29 is 23.2 Å². The number of nitrogens with zero attached hydrogens (tertiary/aromatic N) is 4. The monoisotopic (exact) mass is 372 g/mol. The molecule has 1 fully saturated rings. The second kappa shape index (κ2) is 7.00. The van der Waals surface area contributed by atoms with Crippen molar-refractivity contribution in [2.75, 3.05) is 25.0 Å². The predicted octanol–water partition coefficient (Wildman–Crippen LogP) is 3.07. The molecule has 1 unspecified atom stereocenters. The lowest BCUT2D eigenvalue weighted by atomic mass is 9.99. The van der Waals surface area contributed by atoms with Crippen LogP contribution in [0.2, 0.25) is 0 Å². The van der Waals surface area contributed by atoms with E-state index >= 15 is 0 Å². The summed E-state index contributed by atoms with van der Waals surface area (Å²) in [5, 5.41) is 10.6. The molecule has 0 spiro atoms. The number of rotatable bonds is 3. The van der Waals surface area contributed by atoms with Gasteiger partial charge in [-0.1, -0.05) is 0 Å². The number of carbonyl (C=O) groups excluding carboxylic acids is 1. The van der Waals surface area contributed by atoms with E-state index in [0.717, 1.165) is 4.90 Å². The number of amides is 1. The highest BCUT2D eigenvalue weighted by Gasteiger charge is 2.48. The lowest BCUT2D eigenvalue weighted by molar-refractivity contribution is -0.389. The van der Waals surface area contributed by atoms with Gasteiger partial charge in [0.1, 0.15) is 11.6 Å². The first-order chi connectivity index (χ1) is 11.9. The van der Waals surface area contributed by atoms with Crippen LogP contribution in [-0.2, 0) is 4.74 Å². The second-order valence-electron chi connectivity index (χ2n) is 7.21. The quantitative estimate of drug-likeness (QED) is 0.598. The van der Waals surface area contributed by atoms with Crippen molar-refractivity contribution >= 4 is 17.6 Å². The van der Waals surface area contributed by atoms with E-state index in [1.807, 2.05) is 0 Å². The Labute approximate surface area is 149 Å². The van der Waals surface area contributed by atoms with Gasteiger partial charge in [-0.25, -0.2) is 13.6 Å².